The summed E-state index contributed by atoms with van der Waals surface area (Å²) in [5.41, 5.74) is 1.07. The molecule has 0 fully saturated rings. The van der Waals surface area contributed by atoms with Crippen molar-refractivity contribution < 1.29 is 49.0 Å². The lowest BCUT2D eigenvalue weighted by Crippen LogP contribution is -2.33. The Morgan fingerprint density at radius 1 is 0.880 bits per heavy atom. The Morgan fingerprint density at radius 3 is 2.04 bits per heavy atom. The minimum Gasteiger partial charge on any atom is -0.762 e. The Labute approximate surface area is 286 Å². The minimum absolute atomic E-state index is 0.0160. The molecule has 0 unspecified atom stereocenters. The normalized spacial score (nSPS) is 18.4. The average molecular weight is 677 g/mol. The number of hydrogen-bond acceptors (Lipinski definition) is 7. The molecule has 13 heteroatoms. The van der Waals surface area contributed by atoms with Crippen molar-refractivity contribution in [3.05, 3.63) is 104 Å². The lowest BCUT2D eigenvalue weighted by molar-refractivity contribution is -0.436. The number of carboxylic acid groups (broad SMARTS) is 4. The lowest BCUT2D eigenvalue weighted by atomic mass is 9.73. The number of ketones is 1. The summed E-state index contributed by atoms with van der Waals surface area (Å²) in [6, 6.07) is 10.8. The molecule has 13 nitrogen and oxygen atoms in total. The summed E-state index contributed by atoms with van der Waals surface area (Å²) >= 11 is 0. The van der Waals surface area contributed by atoms with Crippen molar-refractivity contribution in [2.24, 2.45) is 0 Å². The molecule has 254 valence electrons. The standard InChI is InChI=1S/C37H32N4O9/c1-36(2)24-13-19(34(47)48)5-7-26(24)40(11-9-30(42)43)28(36)15-22-32(21(17-38)18-39)23(33(22)46)16-29-37(3,4)25-14-20(35(49)50)6-8-27(25)41(29)12-10-31(44)45/h5-8,13-16H,9-12H2,1-4H3,(H,42,43)(H,44,45)(H,47,48)(H,49,50). The summed E-state index contributed by atoms with van der Waals surface area (Å²) in [7, 11) is 0. The van der Waals surface area contributed by atoms with E-state index in [1.807, 2.05) is 11.9 Å². The van der Waals surface area contributed by atoms with Crippen LogP contribution in [0.15, 0.2) is 76.5 Å². The van der Waals surface area contributed by atoms with Gasteiger partial charge in [0, 0.05) is 57.8 Å². The Bertz CT molecular complexity index is 2170. The fourth-order valence-corrected chi connectivity index (χ4v) is 6.84. The van der Waals surface area contributed by atoms with Gasteiger partial charge in [-0.05, 0) is 55.8 Å². The zero-order chi connectivity index (χ0) is 36.9. The number of hydrogen-bond donors (Lipinski definition) is 4. The molecule has 0 radical (unpaired) electrons. The molecule has 0 spiro atoms. The summed E-state index contributed by atoms with van der Waals surface area (Å²) in [4.78, 5) is 62.6. The zero-order valence-electron chi connectivity index (χ0n) is 27.6. The molecule has 0 bridgehead atoms. The highest BCUT2D eigenvalue weighted by Crippen LogP contribution is 2.50. The summed E-state index contributed by atoms with van der Waals surface area (Å²) < 4.78 is 1.69. The summed E-state index contributed by atoms with van der Waals surface area (Å²) in [6.07, 6.45) is 2.45. The molecule has 0 saturated heterocycles. The van der Waals surface area contributed by atoms with E-state index in [4.69, 9.17) is 0 Å². The first kappa shape index (κ1) is 34.9. The van der Waals surface area contributed by atoms with Crippen LogP contribution in [0.3, 0.4) is 0 Å². The number of Topliss-reactive ketones (excluding diaryl/α,β-unsaturated/α-hetero) is 1. The van der Waals surface area contributed by atoms with Gasteiger partial charge in [0.15, 0.2) is 18.0 Å². The van der Waals surface area contributed by atoms with Crippen LogP contribution in [0.5, 0.6) is 0 Å². The van der Waals surface area contributed by atoms with E-state index in [2.05, 4.69) is 0 Å². The van der Waals surface area contributed by atoms with Gasteiger partial charge in [0.25, 0.3) is 0 Å². The molecule has 4 N–H and O–H groups in total. The van der Waals surface area contributed by atoms with Crippen LogP contribution in [0.25, 0.3) is 5.41 Å². The molecule has 3 aliphatic rings. The van der Waals surface area contributed by atoms with E-state index >= 15 is 0 Å². The van der Waals surface area contributed by atoms with Gasteiger partial charge in [-0.2, -0.15) is 9.84 Å². The van der Waals surface area contributed by atoms with Crippen molar-refractivity contribution in [1.29, 1.82) is 5.26 Å². The fourth-order valence-electron chi connectivity index (χ4n) is 6.84. The van der Waals surface area contributed by atoms with E-state index in [0.717, 1.165) is 0 Å². The third-order valence-electron chi connectivity index (χ3n) is 9.44. The van der Waals surface area contributed by atoms with E-state index in [-0.39, 0.29) is 59.4 Å². The number of aliphatic carboxylic acids is 2. The van der Waals surface area contributed by atoms with Crippen LogP contribution in [0.4, 0.5) is 11.4 Å². The van der Waals surface area contributed by atoms with Gasteiger partial charge in [0.2, 0.25) is 5.69 Å². The van der Waals surface area contributed by atoms with Crippen LogP contribution >= 0.6 is 0 Å². The average Bonchev–Trinajstić information content (AvgIpc) is 3.40. The van der Waals surface area contributed by atoms with Crippen LogP contribution in [-0.4, -0.2) is 79.3 Å². The van der Waals surface area contributed by atoms with Gasteiger partial charge < -0.3 is 30.7 Å². The van der Waals surface area contributed by atoms with Crippen molar-refractivity contribution in [3.63, 3.8) is 0 Å². The highest BCUT2D eigenvalue weighted by molar-refractivity contribution is 6.27. The predicted molar refractivity (Wildman–Crippen MR) is 180 cm³/mol. The molecule has 2 aromatic carbocycles. The fraction of sp³-hybridized carbons (Fsp3) is 0.270. The largest absolute Gasteiger partial charge is 0.762 e. The maximum Gasteiger partial charge on any atom is 0.335 e. The molecule has 0 amide bonds. The number of fused-ring (bicyclic) bond motifs is 2. The second-order valence-corrected chi connectivity index (χ2v) is 13.1. The highest BCUT2D eigenvalue weighted by atomic mass is 16.4. The van der Waals surface area contributed by atoms with Gasteiger partial charge in [-0.1, -0.05) is 13.8 Å². The minimum atomic E-state index is -1.15. The third-order valence-corrected chi connectivity index (χ3v) is 9.44. The van der Waals surface area contributed by atoms with Crippen molar-refractivity contribution in [1.82, 2.24) is 0 Å². The molecule has 2 aliphatic heterocycles. The molecule has 0 saturated carbocycles. The first-order valence-corrected chi connectivity index (χ1v) is 15.5. The number of rotatable bonds is 11. The molecule has 50 heavy (non-hydrogen) atoms. The molecule has 2 heterocycles. The first-order chi connectivity index (χ1) is 23.4. The van der Waals surface area contributed by atoms with Crippen molar-refractivity contribution in [2.45, 2.75) is 51.4 Å². The lowest BCUT2D eigenvalue weighted by Gasteiger charge is -2.30. The van der Waals surface area contributed by atoms with Crippen LogP contribution in [0, 0.1) is 11.3 Å². The monoisotopic (exact) mass is 676 g/mol. The molecule has 0 atom stereocenters. The van der Waals surface area contributed by atoms with Crippen LogP contribution in [0.1, 0.15) is 72.4 Å². The third kappa shape index (κ3) is 5.71. The maximum absolute atomic E-state index is 14.1. The quantitative estimate of drug-likeness (QED) is 0.112. The van der Waals surface area contributed by atoms with E-state index in [1.165, 1.54) is 36.4 Å². The van der Waals surface area contributed by atoms with Gasteiger partial charge in [0.05, 0.1) is 28.5 Å². The Kier molecular flexibility index (Phi) is 8.79. The van der Waals surface area contributed by atoms with Gasteiger partial charge >= 0.3 is 23.9 Å². The number of aromatic carboxylic acids is 2. The predicted octanol–water partition coefficient (Wildman–Crippen LogP) is 4.59. The Balaban J connectivity index is 1.73. The topological polar surface area (TPSA) is 219 Å². The van der Waals surface area contributed by atoms with Crippen LogP contribution in [-0.2, 0) is 25.2 Å². The maximum atomic E-state index is 14.1. The SMILES string of the molecule is CC1(C)C(/C=C2/C(=O)C(/C=C3\N(CCC(=O)O)c4ccc(C(=O)O)cc4C3(C)C)=C2C(=C=[N-])C#N)=[N+](CCC(=O)O)c2ccc(C(=O)O)cc21. The number of carbonyl (C=O) groups is 5. The molecule has 2 aromatic rings. The summed E-state index contributed by atoms with van der Waals surface area (Å²) in [6.45, 7) is 7.15. The summed E-state index contributed by atoms with van der Waals surface area (Å²) in [5, 5.41) is 58.2. The number of anilines is 1. The summed E-state index contributed by atoms with van der Waals surface area (Å²) in [5.74, 6) is -3.13. The highest BCUT2D eigenvalue weighted by Gasteiger charge is 2.48. The zero-order valence-corrected chi connectivity index (χ0v) is 27.6. The smallest absolute Gasteiger partial charge is 0.335 e. The number of allylic oxidation sites excluding steroid dienone is 7. The second-order valence-electron chi connectivity index (χ2n) is 13.1. The number of carboxylic acids is 4. The number of nitrogens with zero attached hydrogens (tertiary/aromatic N) is 4. The Morgan fingerprint density at radius 2 is 1.48 bits per heavy atom. The molecular weight excluding hydrogens is 644 g/mol. The van der Waals surface area contributed by atoms with Gasteiger partial charge in [-0.3, -0.25) is 14.4 Å². The van der Waals surface area contributed by atoms with Crippen molar-refractivity contribution in [3.8, 4) is 6.07 Å². The van der Waals surface area contributed by atoms with Gasteiger partial charge in [-0.15, -0.1) is 0 Å². The number of carbonyl (C=O) groups excluding carboxylic acids is 1. The van der Waals surface area contributed by atoms with Gasteiger partial charge in [0.1, 0.15) is 12.5 Å². The number of benzene rings is 2. The molecular formula is C37H32N4O9. The Hall–Kier alpha value is -6.38. The first-order valence-electron chi connectivity index (χ1n) is 15.5. The molecule has 1 aliphatic carbocycles. The van der Waals surface area contributed by atoms with Crippen molar-refractivity contribution in [2.75, 3.05) is 18.0 Å². The number of nitriles is 1. The van der Waals surface area contributed by atoms with E-state index in [9.17, 15) is 55.1 Å². The van der Waals surface area contributed by atoms with E-state index < -0.39 is 40.5 Å². The molecule has 0 aromatic heterocycles. The van der Waals surface area contributed by atoms with E-state index in [0.29, 0.717) is 33.9 Å². The van der Waals surface area contributed by atoms with Crippen LogP contribution in [0.2, 0.25) is 0 Å². The van der Waals surface area contributed by atoms with Crippen LogP contribution < -0.4 is 4.90 Å². The molecule has 5 rings (SSSR count). The van der Waals surface area contributed by atoms with E-state index in [1.54, 1.807) is 49.3 Å². The second kappa shape index (κ2) is 12.6. The van der Waals surface area contributed by atoms with Crippen molar-refractivity contribution >= 4 is 52.6 Å². The van der Waals surface area contributed by atoms with Gasteiger partial charge in [-0.25, -0.2) is 15.5 Å².